The Morgan fingerprint density at radius 2 is 1.88 bits per heavy atom. The van der Waals surface area contributed by atoms with Crippen molar-refractivity contribution in [3.05, 3.63) is 34.5 Å². The summed E-state index contributed by atoms with van der Waals surface area (Å²) in [7, 11) is 0. The Morgan fingerprint density at radius 1 is 1.24 bits per heavy atom. The maximum absolute atomic E-state index is 12.1. The molecule has 2 rings (SSSR count). The first-order valence-electron chi connectivity index (χ1n) is 5.53. The highest BCUT2D eigenvalue weighted by atomic mass is 35.5. The summed E-state index contributed by atoms with van der Waals surface area (Å²) in [5, 5.41) is 1.54. The fourth-order valence-corrected chi connectivity index (χ4v) is 2.05. The van der Waals surface area contributed by atoms with Crippen LogP contribution in [-0.2, 0) is 0 Å². The van der Waals surface area contributed by atoms with Gasteiger partial charge in [-0.1, -0.05) is 32.4 Å². The summed E-state index contributed by atoms with van der Waals surface area (Å²) >= 11 is 5.98. The molecule has 0 aliphatic rings. The number of Topliss-reactive ketones (excluding diaryl/α,β-unsaturated/α-hetero) is 1. The average molecular weight is 251 g/mol. The van der Waals surface area contributed by atoms with E-state index < -0.39 is 5.41 Å². The second-order valence-corrected chi connectivity index (χ2v) is 5.77. The van der Waals surface area contributed by atoms with Crippen LogP contribution in [0.25, 0.3) is 11.0 Å². The van der Waals surface area contributed by atoms with Crippen LogP contribution in [0.2, 0.25) is 5.02 Å². The molecule has 0 amide bonds. The second-order valence-electron chi connectivity index (χ2n) is 5.33. The van der Waals surface area contributed by atoms with Crippen LogP contribution >= 0.6 is 11.6 Å². The van der Waals surface area contributed by atoms with E-state index in [9.17, 15) is 4.79 Å². The molecule has 2 nitrogen and oxygen atoms in total. The number of carbonyl (C=O) groups excluding carboxylic acids is 1. The molecule has 0 saturated carbocycles. The van der Waals surface area contributed by atoms with Gasteiger partial charge in [-0.3, -0.25) is 4.79 Å². The fourth-order valence-electron chi connectivity index (χ4n) is 1.76. The van der Waals surface area contributed by atoms with Crippen molar-refractivity contribution in [3.8, 4) is 0 Å². The number of furan rings is 1. The summed E-state index contributed by atoms with van der Waals surface area (Å²) in [5.74, 6) is 0.405. The predicted molar refractivity (Wildman–Crippen MR) is 69.7 cm³/mol. The van der Waals surface area contributed by atoms with Gasteiger partial charge in [-0.2, -0.15) is 0 Å². The molecular formula is C14H15ClO2. The van der Waals surface area contributed by atoms with Crippen LogP contribution in [0.4, 0.5) is 0 Å². The molecule has 1 aromatic carbocycles. The summed E-state index contributed by atoms with van der Waals surface area (Å²) in [6.45, 7) is 7.55. The monoisotopic (exact) mass is 250 g/mol. The first kappa shape index (κ1) is 12.2. The topological polar surface area (TPSA) is 30.2 Å². The molecule has 17 heavy (non-hydrogen) atoms. The molecule has 3 heteroatoms. The Labute approximate surface area is 106 Å². The number of ketones is 1. The van der Waals surface area contributed by atoms with Gasteiger partial charge < -0.3 is 4.42 Å². The normalized spacial score (nSPS) is 12.1. The van der Waals surface area contributed by atoms with Crippen LogP contribution in [0.3, 0.4) is 0 Å². The van der Waals surface area contributed by atoms with Crippen LogP contribution in [0, 0.1) is 12.3 Å². The Bertz CT molecular complexity index is 588. The van der Waals surface area contributed by atoms with Crippen LogP contribution < -0.4 is 0 Å². The number of rotatable bonds is 1. The van der Waals surface area contributed by atoms with Crippen molar-refractivity contribution in [1.82, 2.24) is 0 Å². The largest absolute Gasteiger partial charge is 0.453 e. The summed E-state index contributed by atoms with van der Waals surface area (Å²) in [4.78, 5) is 12.1. The van der Waals surface area contributed by atoms with E-state index in [4.69, 9.17) is 16.0 Å². The molecule has 0 fully saturated rings. The summed E-state index contributed by atoms with van der Waals surface area (Å²) in [5.41, 5.74) is 1.24. The van der Waals surface area contributed by atoms with E-state index in [0.717, 1.165) is 16.5 Å². The number of hydrogen-bond acceptors (Lipinski definition) is 2. The Hall–Kier alpha value is -1.28. The number of benzene rings is 1. The number of fused-ring (bicyclic) bond motifs is 1. The van der Waals surface area contributed by atoms with Gasteiger partial charge in [0.1, 0.15) is 5.58 Å². The maximum atomic E-state index is 12.1. The van der Waals surface area contributed by atoms with Crippen molar-refractivity contribution < 1.29 is 9.21 Å². The average Bonchev–Trinajstić information content (AvgIpc) is 2.58. The Morgan fingerprint density at radius 3 is 2.47 bits per heavy atom. The first-order chi connectivity index (χ1) is 7.79. The molecule has 0 spiro atoms. The van der Waals surface area contributed by atoms with Gasteiger partial charge in [-0.05, 0) is 30.7 Å². The zero-order valence-electron chi connectivity index (χ0n) is 10.4. The maximum Gasteiger partial charge on any atom is 0.203 e. The minimum Gasteiger partial charge on any atom is -0.453 e. The van der Waals surface area contributed by atoms with E-state index in [1.807, 2.05) is 39.8 Å². The third-order valence-corrected chi connectivity index (χ3v) is 2.89. The van der Waals surface area contributed by atoms with Gasteiger partial charge in [0, 0.05) is 15.8 Å². The molecule has 90 valence electrons. The highest BCUT2D eigenvalue weighted by molar-refractivity contribution is 6.31. The lowest BCUT2D eigenvalue weighted by Gasteiger charge is -2.13. The molecule has 0 saturated heterocycles. The van der Waals surface area contributed by atoms with Crippen molar-refractivity contribution in [3.63, 3.8) is 0 Å². The third-order valence-electron chi connectivity index (χ3n) is 2.67. The molecule has 2 aromatic rings. The van der Waals surface area contributed by atoms with Crippen LogP contribution in [0.15, 0.2) is 22.6 Å². The van der Waals surface area contributed by atoms with E-state index in [2.05, 4.69) is 0 Å². The first-order valence-corrected chi connectivity index (χ1v) is 5.91. The molecule has 0 aliphatic heterocycles. The third kappa shape index (κ3) is 2.22. The van der Waals surface area contributed by atoms with E-state index in [0.29, 0.717) is 10.8 Å². The standard InChI is InChI=1S/C14H15ClO2/c1-8-5-10(15)6-9-7-11(17-12(8)9)13(16)14(2,3)4/h5-7H,1-4H3. The van der Waals surface area contributed by atoms with E-state index >= 15 is 0 Å². The van der Waals surface area contributed by atoms with Gasteiger partial charge in [0.25, 0.3) is 0 Å². The molecule has 0 radical (unpaired) electrons. The van der Waals surface area contributed by atoms with Gasteiger partial charge in [0.05, 0.1) is 0 Å². The summed E-state index contributed by atoms with van der Waals surface area (Å²) in [6, 6.07) is 5.41. The minimum absolute atomic E-state index is 0.00391. The lowest BCUT2D eigenvalue weighted by Crippen LogP contribution is -2.19. The molecular weight excluding hydrogens is 236 g/mol. The molecule has 0 bridgehead atoms. The summed E-state index contributed by atoms with van der Waals surface area (Å²) < 4.78 is 5.63. The molecule has 0 unspecified atom stereocenters. The minimum atomic E-state index is -0.439. The van der Waals surface area contributed by atoms with Gasteiger partial charge in [0.15, 0.2) is 5.76 Å². The van der Waals surface area contributed by atoms with Crippen molar-refractivity contribution in [1.29, 1.82) is 0 Å². The van der Waals surface area contributed by atoms with Crippen molar-refractivity contribution in [2.24, 2.45) is 5.41 Å². The fraction of sp³-hybridized carbons (Fsp3) is 0.357. The zero-order chi connectivity index (χ0) is 12.8. The molecule has 0 N–H and O–H groups in total. The Balaban J connectivity index is 2.60. The van der Waals surface area contributed by atoms with Crippen molar-refractivity contribution in [2.75, 3.05) is 0 Å². The lowest BCUT2D eigenvalue weighted by atomic mass is 9.89. The predicted octanol–water partition coefficient (Wildman–Crippen LogP) is 4.62. The van der Waals surface area contributed by atoms with E-state index in [1.54, 1.807) is 6.07 Å². The second kappa shape index (κ2) is 3.88. The lowest BCUT2D eigenvalue weighted by molar-refractivity contribution is 0.0831. The molecule has 1 aromatic heterocycles. The van der Waals surface area contributed by atoms with Crippen molar-refractivity contribution in [2.45, 2.75) is 27.7 Å². The quantitative estimate of drug-likeness (QED) is 0.691. The van der Waals surface area contributed by atoms with E-state index in [-0.39, 0.29) is 5.78 Å². The smallest absolute Gasteiger partial charge is 0.203 e. The molecule has 1 heterocycles. The van der Waals surface area contributed by atoms with Gasteiger partial charge in [-0.25, -0.2) is 0 Å². The number of halogens is 1. The van der Waals surface area contributed by atoms with Crippen molar-refractivity contribution >= 4 is 28.4 Å². The highest BCUT2D eigenvalue weighted by Gasteiger charge is 2.26. The zero-order valence-corrected chi connectivity index (χ0v) is 11.2. The SMILES string of the molecule is Cc1cc(Cl)cc2cc(C(=O)C(C)(C)C)oc12. The Kier molecular flexibility index (Phi) is 2.78. The van der Waals surface area contributed by atoms with E-state index in [1.165, 1.54) is 0 Å². The number of hydrogen-bond donors (Lipinski definition) is 0. The van der Waals surface area contributed by atoms with Crippen LogP contribution in [0.1, 0.15) is 36.9 Å². The number of carbonyl (C=O) groups is 1. The number of aryl methyl sites for hydroxylation is 1. The molecule has 0 aliphatic carbocycles. The van der Waals surface area contributed by atoms with Gasteiger partial charge in [0.2, 0.25) is 5.78 Å². The van der Waals surface area contributed by atoms with Crippen LogP contribution in [0.5, 0.6) is 0 Å². The van der Waals surface area contributed by atoms with Gasteiger partial charge >= 0.3 is 0 Å². The molecule has 0 atom stereocenters. The van der Waals surface area contributed by atoms with Gasteiger partial charge in [-0.15, -0.1) is 0 Å². The van der Waals surface area contributed by atoms with Crippen LogP contribution in [-0.4, -0.2) is 5.78 Å². The highest BCUT2D eigenvalue weighted by Crippen LogP contribution is 2.30. The summed E-state index contributed by atoms with van der Waals surface area (Å²) in [6.07, 6.45) is 0.